The molecule has 0 fully saturated rings. The number of rotatable bonds is 4. The lowest BCUT2D eigenvalue weighted by Crippen LogP contribution is -2.34. The highest BCUT2D eigenvalue weighted by Gasteiger charge is 2.19. The zero-order chi connectivity index (χ0) is 24.5. The third-order valence-corrected chi connectivity index (χ3v) is 6.60. The minimum atomic E-state index is -0.390. The molecule has 0 unspecified atom stereocenters. The number of benzene rings is 4. The van der Waals surface area contributed by atoms with E-state index in [-0.39, 0.29) is 5.11 Å². The molecule has 5 rings (SSSR count). The van der Waals surface area contributed by atoms with Crippen LogP contribution in [0.4, 0.5) is 5.69 Å². The maximum absolute atomic E-state index is 13.0. The number of aromatic nitrogens is 1. The number of nitrogens with zero attached hydrogens (tertiary/aromatic N) is 1. The van der Waals surface area contributed by atoms with Crippen LogP contribution >= 0.6 is 39.7 Å². The van der Waals surface area contributed by atoms with Crippen LogP contribution in [-0.2, 0) is 0 Å². The number of thiocarbonyl (C=S) groups is 1. The molecule has 0 saturated heterocycles. The van der Waals surface area contributed by atoms with E-state index in [0.29, 0.717) is 43.5 Å². The van der Waals surface area contributed by atoms with Crippen molar-refractivity contribution in [1.82, 2.24) is 10.3 Å². The van der Waals surface area contributed by atoms with E-state index in [9.17, 15) is 4.79 Å². The smallest absolute Gasteiger partial charge is 0.261 e. The number of ether oxygens (including phenoxy) is 1. The normalized spacial score (nSPS) is 10.9. The van der Waals surface area contributed by atoms with Crippen molar-refractivity contribution in [1.29, 1.82) is 0 Å². The zero-order valence-corrected chi connectivity index (χ0v) is 21.4. The van der Waals surface area contributed by atoms with Gasteiger partial charge in [-0.25, -0.2) is 4.98 Å². The number of halogens is 2. The van der Waals surface area contributed by atoms with E-state index in [4.69, 9.17) is 33.0 Å². The second-order valence-electron chi connectivity index (χ2n) is 7.61. The molecule has 0 radical (unpaired) electrons. The highest BCUT2D eigenvalue weighted by Crippen LogP contribution is 2.36. The molecular formula is C26H17BrClN3O3S. The summed E-state index contributed by atoms with van der Waals surface area (Å²) in [6.07, 6.45) is 0. The third-order valence-electron chi connectivity index (χ3n) is 5.35. The summed E-state index contributed by atoms with van der Waals surface area (Å²) < 4.78 is 12.1. The lowest BCUT2D eigenvalue weighted by Gasteiger charge is -2.14. The Bertz CT molecular complexity index is 1600. The standard InChI is InChI=1S/C26H17BrClN3O3S/c1-33-23-19(12-15-4-2-3-5-18(15)22(23)27)24(32)31-26(35)29-17-10-11-21-20(13-17)30-25(34-21)14-6-8-16(28)9-7-14/h2-13H,1H3,(H2,29,31,32,35). The second-order valence-corrected chi connectivity index (χ2v) is 9.25. The molecule has 6 nitrogen and oxygen atoms in total. The Morgan fingerprint density at radius 3 is 2.63 bits per heavy atom. The molecule has 0 spiro atoms. The first-order chi connectivity index (χ1) is 16.9. The number of anilines is 1. The topological polar surface area (TPSA) is 76.4 Å². The van der Waals surface area contributed by atoms with Gasteiger partial charge in [0.05, 0.1) is 17.1 Å². The van der Waals surface area contributed by atoms with Crippen molar-refractivity contribution in [2.45, 2.75) is 0 Å². The predicted octanol–water partition coefficient (Wildman–Crippen LogP) is 7.20. The summed E-state index contributed by atoms with van der Waals surface area (Å²) >= 11 is 14.9. The van der Waals surface area contributed by atoms with E-state index in [1.165, 1.54) is 7.11 Å². The van der Waals surface area contributed by atoms with E-state index in [1.807, 2.05) is 36.4 Å². The van der Waals surface area contributed by atoms with Gasteiger partial charge < -0.3 is 14.5 Å². The van der Waals surface area contributed by atoms with Crippen molar-refractivity contribution < 1.29 is 13.9 Å². The van der Waals surface area contributed by atoms with Crippen LogP contribution in [0.1, 0.15) is 10.4 Å². The molecule has 4 aromatic carbocycles. The van der Waals surface area contributed by atoms with Crippen LogP contribution in [0.3, 0.4) is 0 Å². The zero-order valence-electron chi connectivity index (χ0n) is 18.3. The quantitative estimate of drug-likeness (QED) is 0.224. The van der Waals surface area contributed by atoms with Crippen molar-refractivity contribution in [2.24, 2.45) is 0 Å². The van der Waals surface area contributed by atoms with Gasteiger partial charge in [0.2, 0.25) is 5.89 Å². The molecule has 0 aliphatic carbocycles. The second kappa shape index (κ2) is 9.65. The van der Waals surface area contributed by atoms with Gasteiger partial charge in [-0.05, 0) is 87.5 Å². The number of amides is 1. The van der Waals surface area contributed by atoms with Gasteiger partial charge in [-0.1, -0.05) is 35.9 Å². The molecule has 174 valence electrons. The Labute approximate surface area is 219 Å². The van der Waals surface area contributed by atoms with Gasteiger partial charge in [0.15, 0.2) is 10.7 Å². The van der Waals surface area contributed by atoms with Crippen LogP contribution in [0.2, 0.25) is 5.02 Å². The fourth-order valence-electron chi connectivity index (χ4n) is 3.71. The fraction of sp³-hybridized carbons (Fsp3) is 0.0385. The Hall–Kier alpha value is -3.46. The van der Waals surface area contributed by atoms with Gasteiger partial charge in [-0.2, -0.15) is 0 Å². The van der Waals surface area contributed by atoms with Gasteiger partial charge in [0.1, 0.15) is 11.3 Å². The van der Waals surface area contributed by atoms with Crippen LogP contribution in [-0.4, -0.2) is 23.1 Å². The molecule has 5 aromatic rings. The summed E-state index contributed by atoms with van der Waals surface area (Å²) in [4.78, 5) is 17.6. The highest BCUT2D eigenvalue weighted by molar-refractivity contribution is 9.10. The Morgan fingerprint density at radius 2 is 1.86 bits per heavy atom. The van der Waals surface area contributed by atoms with Gasteiger partial charge in [-0.15, -0.1) is 0 Å². The molecular weight excluding hydrogens is 550 g/mol. The van der Waals surface area contributed by atoms with Crippen LogP contribution in [0.25, 0.3) is 33.3 Å². The van der Waals surface area contributed by atoms with Gasteiger partial charge in [-0.3, -0.25) is 10.1 Å². The summed E-state index contributed by atoms with van der Waals surface area (Å²) in [5, 5.41) is 8.37. The number of methoxy groups -OCH3 is 1. The number of carbonyl (C=O) groups excluding carboxylic acids is 1. The third kappa shape index (κ3) is 4.73. The molecule has 0 saturated carbocycles. The molecule has 0 bridgehead atoms. The summed E-state index contributed by atoms with van der Waals surface area (Å²) in [6, 6.07) is 22.1. The molecule has 1 heterocycles. The van der Waals surface area contributed by atoms with Crippen molar-refractivity contribution in [3.8, 4) is 17.2 Å². The lowest BCUT2D eigenvalue weighted by molar-refractivity contribution is 0.0975. The molecule has 0 aliphatic heterocycles. The number of hydrogen-bond acceptors (Lipinski definition) is 5. The van der Waals surface area contributed by atoms with Crippen LogP contribution in [0.5, 0.6) is 5.75 Å². The van der Waals surface area contributed by atoms with E-state index < -0.39 is 5.91 Å². The largest absolute Gasteiger partial charge is 0.495 e. The van der Waals surface area contributed by atoms with Crippen molar-refractivity contribution >= 4 is 78.3 Å². The van der Waals surface area contributed by atoms with Crippen LogP contribution in [0.15, 0.2) is 81.7 Å². The molecule has 2 N–H and O–H groups in total. The maximum Gasteiger partial charge on any atom is 0.261 e. The lowest BCUT2D eigenvalue weighted by atomic mass is 10.1. The van der Waals surface area contributed by atoms with E-state index in [1.54, 1.807) is 36.4 Å². The molecule has 0 atom stereocenters. The molecule has 1 amide bonds. The molecule has 9 heteroatoms. The first-order valence-electron chi connectivity index (χ1n) is 10.5. The first-order valence-corrected chi connectivity index (χ1v) is 12.0. The van der Waals surface area contributed by atoms with Crippen molar-refractivity contribution in [3.05, 3.63) is 87.9 Å². The van der Waals surface area contributed by atoms with Crippen LogP contribution in [0, 0.1) is 0 Å². The minimum absolute atomic E-state index is 0.141. The average Bonchev–Trinajstić information content (AvgIpc) is 3.27. The minimum Gasteiger partial charge on any atom is -0.495 e. The SMILES string of the molecule is COc1c(C(=O)NC(=S)Nc2ccc3oc(-c4ccc(Cl)cc4)nc3c2)cc2ccccc2c1Br. The summed E-state index contributed by atoms with van der Waals surface area (Å²) in [5.41, 5.74) is 3.11. The maximum atomic E-state index is 13.0. The number of fused-ring (bicyclic) bond motifs is 2. The van der Waals surface area contributed by atoms with E-state index >= 15 is 0 Å². The van der Waals surface area contributed by atoms with Crippen LogP contribution < -0.4 is 15.4 Å². The fourth-order valence-corrected chi connectivity index (χ4v) is 4.78. The predicted molar refractivity (Wildman–Crippen MR) is 146 cm³/mol. The summed E-state index contributed by atoms with van der Waals surface area (Å²) in [7, 11) is 1.52. The molecule has 35 heavy (non-hydrogen) atoms. The van der Waals surface area contributed by atoms with E-state index in [2.05, 4.69) is 31.5 Å². The Balaban J connectivity index is 1.35. The first kappa shape index (κ1) is 23.3. The monoisotopic (exact) mass is 565 g/mol. The van der Waals surface area contributed by atoms with Gasteiger partial charge in [0, 0.05) is 16.3 Å². The Morgan fingerprint density at radius 1 is 1.09 bits per heavy atom. The average molecular weight is 567 g/mol. The number of carbonyl (C=O) groups is 1. The van der Waals surface area contributed by atoms with Gasteiger partial charge in [0.25, 0.3) is 5.91 Å². The molecule has 1 aromatic heterocycles. The summed E-state index contributed by atoms with van der Waals surface area (Å²) in [5.74, 6) is 0.528. The number of nitrogens with one attached hydrogen (secondary N) is 2. The van der Waals surface area contributed by atoms with Crippen molar-refractivity contribution in [3.63, 3.8) is 0 Å². The van der Waals surface area contributed by atoms with Crippen molar-refractivity contribution in [2.75, 3.05) is 12.4 Å². The number of oxazole rings is 1. The summed E-state index contributed by atoms with van der Waals surface area (Å²) in [6.45, 7) is 0. The number of hydrogen-bond donors (Lipinski definition) is 2. The molecule has 0 aliphatic rings. The Kier molecular flexibility index (Phi) is 6.42. The highest BCUT2D eigenvalue weighted by atomic mass is 79.9. The van der Waals surface area contributed by atoms with Gasteiger partial charge >= 0.3 is 0 Å². The van der Waals surface area contributed by atoms with E-state index in [0.717, 1.165) is 16.3 Å².